The second kappa shape index (κ2) is 10.9. The summed E-state index contributed by atoms with van der Waals surface area (Å²) in [6.45, 7) is 7.87. The van der Waals surface area contributed by atoms with Gasteiger partial charge in [-0.2, -0.15) is 5.10 Å². The molecule has 0 radical (unpaired) electrons. The number of nitrogens with two attached hydrogens (primary N) is 1. The summed E-state index contributed by atoms with van der Waals surface area (Å²) in [5.74, 6) is -0.00555. The van der Waals surface area contributed by atoms with E-state index in [4.69, 9.17) is 20.0 Å². The van der Waals surface area contributed by atoms with Crippen LogP contribution >= 0.6 is 11.3 Å². The average molecular weight is 613 g/mol. The molecule has 44 heavy (non-hydrogen) atoms. The summed E-state index contributed by atoms with van der Waals surface area (Å²) in [4.78, 5) is 35.5. The number of carbonyl (C=O) groups is 1. The van der Waals surface area contributed by atoms with Crippen molar-refractivity contribution in [2.24, 2.45) is 0 Å². The minimum absolute atomic E-state index is 0.202. The van der Waals surface area contributed by atoms with E-state index < -0.39 is 18.0 Å². The van der Waals surface area contributed by atoms with Crippen molar-refractivity contribution in [3.63, 3.8) is 0 Å². The van der Waals surface area contributed by atoms with E-state index in [0.29, 0.717) is 43.2 Å². The quantitative estimate of drug-likeness (QED) is 0.220. The topological polar surface area (TPSA) is 138 Å². The van der Waals surface area contributed by atoms with Gasteiger partial charge in [0.2, 0.25) is 5.43 Å². The normalized spacial score (nSPS) is 12.5. The molecule has 6 aromatic rings. The van der Waals surface area contributed by atoms with E-state index in [2.05, 4.69) is 15.3 Å². The number of ether oxygens (including phenoxy) is 1. The summed E-state index contributed by atoms with van der Waals surface area (Å²) in [5, 5.41) is 8.71. The number of benzene rings is 2. The highest BCUT2D eigenvalue weighted by Crippen LogP contribution is 2.45. The molecule has 12 heteroatoms. The SMILES string of the molecule is CNC(=O)Oc1sc(-c2nn(C(C)c3oc4ccccc4c(=O)c3-c3cccc(F)c3)c3ncnc(N)c23)cc1C(C)(C)C. The van der Waals surface area contributed by atoms with Gasteiger partial charge in [-0.1, -0.05) is 56.4 Å². The van der Waals surface area contributed by atoms with Crippen molar-refractivity contribution >= 4 is 45.3 Å². The number of anilines is 1. The molecule has 0 aliphatic rings. The maximum Gasteiger partial charge on any atom is 0.413 e. The molecule has 0 fully saturated rings. The molecule has 0 aliphatic carbocycles. The van der Waals surface area contributed by atoms with E-state index in [1.54, 1.807) is 41.1 Å². The molecule has 10 nitrogen and oxygen atoms in total. The Balaban J connectivity index is 1.60. The van der Waals surface area contributed by atoms with Gasteiger partial charge in [-0.3, -0.25) is 4.79 Å². The summed E-state index contributed by atoms with van der Waals surface area (Å²) < 4.78 is 28.0. The van der Waals surface area contributed by atoms with Gasteiger partial charge in [-0.25, -0.2) is 23.8 Å². The lowest BCUT2D eigenvalue weighted by molar-refractivity contribution is 0.203. The van der Waals surface area contributed by atoms with Crippen LogP contribution in [0.15, 0.2) is 70.1 Å². The molecule has 4 aromatic heterocycles. The number of halogens is 1. The molecule has 4 heterocycles. The Hall–Kier alpha value is -5.10. The third kappa shape index (κ3) is 4.96. The summed E-state index contributed by atoms with van der Waals surface area (Å²) in [6.07, 6.45) is 0.748. The number of rotatable bonds is 5. The summed E-state index contributed by atoms with van der Waals surface area (Å²) in [7, 11) is 1.49. The highest BCUT2D eigenvalue weighted by atomic mass is 32.1. The average Bonchev–Trinajstić information content (AvgIpc) is 3.59. The molecule has 0 saturated carbocycles. The number of para-hydroxylation sites is 1. The molecule has 0 saturated heterocycles. The highest BCUT2D eigenvalue weighted by molar-refractivity contribution is 7.17. The standard InChI is InChI=1S/C32H29FN6O4S/c1-16(27-23(17-9-8-10-18(33)13-17)26(40)19-11-6-7-12-21(19)42-27)39-29-24(28(34)36-15-37-29)25(38-39)22-14-20(32(2,3)4)30(44-22)43-31(41)35-5/h6-16H,1-5H3,(H,35,41)(H2,34,36,37). The predicted molar refractivity (Wildman–Crippen MR) is 169 cm³/mol. The zero-order valence-corrected chi connectivity index (χ0v) is 25.5. The molecule has 1 unspecified atom stereocenters. The first-order chi connectivity index (χ1) is 21.0. The Kier molecular flexibility index (Phi) is 7.16. The van der Waals surface area contributed by atoms with Gasteiger partial charge in [0.05, 0.1) is 21.2 Å². The van der Waals surface area contributed by atoms with Crippen LogP contribution in [0.5, 0.6) is 5.06 Å². The summed E-state index contributed by atoms with van der Waals surface area (Å²) in [5.41, 5.74) is 8.41. The van der Waals surface area contributed by atoms with Crippen molar-refractivity contribution in [1.29, 1.82) is 0 Å². The molecule has 0 spiro atoms. The van der Waals surface area contributed by atoms with Crippen LogP contribution in [0.2, 0.25) is 0 Å². The molecule has 2 aromatic carbocycles. The van der Waals surface area contributed by atoms with Crippen molar-refractivity contribution in [1.82, 2.24) is 25.1 Å². The van der Waals surface area contributed by atoms with Crippen LogP contribution in [0.25, 0.3) is 43.7 Å². The largest absolute Gasteiger partial charge is 0.458 e. The van der Waals surface area contributed by atoms with Crippen LogP contribution < -0.4 is 21.2 Å². The molecular formula is C32H29FN6O4S. The van der Waals surface area contributed by atoms with Crippen molar-refractivity contribution < 1.29 is 18.3 Å². The minimum Gasteiger partial charge on any atom is -0.458 e. The first-order valence-corrected chi connectivity index (χ1v) is 14.6. The molecule has 6 rings (SSSR count). The van der Waals surface area contributed by atoms with Gasteiger partial charge in [-0.15, -0.1) is 0 Å². The lowest BCUT2D eigenvalue weighted by Crippen LogP contribution is -2.23. The Bertz CT molecular complexity index is 2130. The molecule has 3 N–H and O–H groups in total. The summed E-state index contributed by atoms with van der Waals surface area (Å²) in [6, 6.07) is 14.0. The highest BCUT2D eigenvalue weighted by Gasteiger charge is 2.30. The predicted octanol–water partition coefficient (Wildman–Crippen LogP) is 6.67. The Morgan fingerprint density at radius 1 is 1.14 bits per heavy atom. The van der Waals surface area contributed by atoms with Gasteiger partial charge in [0.1, 0.15) is 41.0 Å². The number of amides is 1. The summed E-state index contributed by atoms with van der Waals surface area (Å²) >= 11 is 1.25. The van der Waals surface area contributed by atoms with Gasteiger partial charge in [0.25, 0.3) is 0 Å². The zero-order valence-electron chi connectivity index (χ0n) is 24.6. The second-order valence-corrected chi connectivity index (χ2v) is 12.3. The van der Waals surface area contributed by atoms with Gasteiger partial charge in [0, 0.05) is 12.6 Å². The lowest BCUT2D eigenvalue weighted by atomic mass is 9.88. The van der Waals surface area contributed by atoms with Crippen LogP contribution in [0.3, 0.4) is 0 Å². The number of nitrogen functional groups attached to an aromatic ring is 1. The fourth-order valence-electron chi connectivity index (χ4n) is 5.14. The van der Waals surface area contributed by atoms with Crippen molar-refractivity contribution in [2.75, 3.05) is 12.8 Å². The maximum absolute atomic E-state index is 14.4. The second-order valence-electron chi connectivity index (χ2n) is 11.3. The van der Waals surface area contributed by atoms with Gasteiger partial charge in [0.15, 0.2) is 10.7 Å². The number of thiophene rings is 1. The van der Waals surface area contributed by atoms with Gasteiger partial charge >= 0.3 is 6.09 Å². The van der Waals surface area contributed by atoms with Crippen LogP contribution in [0.1, 0.15) is 45.1 Å². The molecule has 1 amide bonds. The van der Waals surface area contributed by atoms with Gasteiger partial charge < -0.3 is 20.2 Å². The fraction of sp³-hybridized carbons (Fsp3) is 0.219. The number of fused-ring (bicyclic) bond motifs is 2. The third-order valence-corrected chi connectivity index (χ3v) is 8.35. The van der Waals surface area contributed by atoms with E-state index in [9.17, 15) is 14.0 Å². The lowest BCUT2D eigenvalue weighted by Gasteiger charge is -2.18. The van der Waals surface area contributed by atoms with Crippen LogP contribution in [0.4, 0.5) is 15.0 Å². The number of nitrogens with one attached hydrogen (secondary N) is 1. The molecular weight excluding hydrogens is 583 g/mol. The third-order valence-electron chi connectivity index (χ3n) is 7.33. The maximum atomic E-state index is 14.4. The van der Waals surface area contributed by atoms with E-state index in [1.807, 2.05) is 33.8 Å². The Morgan fingerprint density at radius 3 is 2.64 bits per heavy atom. The van der Waals surface area contributed by atoms with E-state index in [-0.39, 0.29) is 28.0 Å². The van der Waals surface area contributed by atoms with Crippen LogP contribution in [0, 0.1) is 5.82 Å². The zero-order chi connectivity index (χ0) is 31.3. The monoisotopic (exact) mass is 612 g/mol. The van der Waals surface area contributed by atoms with E-state index >= 15 is 0 Å². The number of hydrogen-bond acceptors (Lipinski definition) is 9. The Labute approximate surface area is 255 Å². The molecule has 0 aliphatic heterocycles. The smallest absolute Gasteiger partial charge is 0.413 e. The molecule has 1 atom stereocenters. The Morgan fingerprint density at radius 2 is 1.91 bits per heavy atom. The molecule has 224 valence electrons. The number of aromatic nitrogens is 4. The van der Waals surface area contributed by atoms with Crippen molar-refractivity contribution in [3.05, 3.63) is 88.3 Å². The van der Waals surface area contributed by atoms with Crippen LogP contribution in [-0.2, 0) is 5.41 Å². The van der Waals surface area contributed by atoms with E-state index in [1.165, 1.54) is 36.8 Å². The van der Waals surface area contributed by atoms with E-state index in [0.717, 1.165) is 5.56 Å². The van der Waals surface area contributed by atoms with Crippen LogP contribution in [-0.4, -0.2) is 32.9 Å². The number of nitrogens with zero attached hydrogens (tertiary/aromatic N) is 4. The number of hydrogen-bond donors (Lipinski definition) is 2. The molecule has 0 bridgehead atoms. The number of carbonyl (C=O) groups excluding carboxylic acids is 1. The first kappa shape index (κ1) is 29.0. The minimum atomic E-state index is -0.695. The first-order valence-electron chi connectivity index (χ1n) is 13.8. The van der Waals surface area contributed by atoms with Crippen molar-refractivity contribution in [2.45, 2.75) is 39.2 Å². The fourth-order valence-corrected chi connectivity index (χ4v) is 6.35. The van der Waals surface area contributed by atoms with Crippen molar-refractivity contribution in [3.8, 4) is 26.8 Å². The van der Waals surface area contributed by atoms with Gasteiger partial charge in [-0.05, 0) is 48.2 Å².